The minimum atomic E-state index is -0.490. The summed E-state index contributed by atoms with van der Waals surface area (Å²) in [5.41, 5.74) is 2.71. The zero-order valence-corrected chi connectivity index (χ0v) is 14.0. The Labute approximate surface area is 135 Å². The molecule has 0 spiro atoms. The number of rotatable bonds is 5. The van der Waals surface area contributed by atoms with Gasteiger partial charge in [0.2, 0.25) is 0 Å². The molecule has 0 saturated heterocycles. The van der Waals surface area contributed by atoms with Gasteiger partial charge in [-0.15, -0.1) is 0 Å². The Morgan fingerprint density at radius 1 is 1.09 bits per heavy atom. The lowest BCUT2D eigenvalue weighted by molar-refractivity contribution is 0.0636. The van der Waals surface area contributed by atoms with E-state index >= 15 is 0 Å². The lowest BCUT2D eigenvalue weighted by Gasteiger charge is -2.19. The molecule has 22 heavy (non-hydrogen) atoms. The van der Waals surface area contributed by atoms with Gasteiger partial charge in [0.15, 0.2) is 0 Å². The summed E-state index contributed by atoms with van der Waals surface area (Å²) in [6.07, 6.45) is -0.434. The Morgan fingerprint density at radius 3 is 2.36 bits per heavy atom. The van der Waals surface area contributed by atoms with Gasteiger partial charge >= 0.3 is 6.09 Å². The first-order chi connectivity index (χ1) is 10.4. The number of hydrogen-bond donors (Lipinski definition) is 2. The molecule has 0 aliphatic rings. The van der Waals surface area contributed by atoms with Crippen molar-refractivity contribution in [2.24, 2.45) is 0 Å². The number of amides is 1. The first kappa shape index (κ1) is 16.5. The molecule has 0 bridgehead atoms. The Bertz CT molecular complexity index is 586. The number of anilines is 1. The van der Waals surface area contributed by atoms with Gasteiger partial charge in [-0.1, -0.05) is 12.1 Å². The first-order valence-electron chi connectivity index (χ1n) is 7.23. The Hall–Kier alpha value is -1.85. The number of nitrogens with one attached hydrogen (secondary N) is 2. The lowest BCUT2D eigenvalue weighted by atomic mass is 10.2. The minimum absolute atomic E-state index is 0.434. The molecule has 0 aliphatic carbocycles. The predicted molar refractivity (Wildman–Crippen MR) is 91.2 cm³/mol. The fourth-order valence-electron chi connectivity index (χ4n) is 1.87. The molecule has 0 fully saturated rings. The highest BCUT2D eigenvalue weighted by Crippen LogP contribution is 2.13. The number of hydrogen-bond acceptors (Lipinski definition) is 4. The van der Waals surface area contributed by atoms with Crippen LogP contribution in [0.3, 0.4) is 0 Å². The Balaban J connectivity index is 1.78. The van der Waals surface area contributed by atoms with Crippen LogP contribution in [-0.2, 0) is 17.8 Å². The van der Waals surface area contributed by atoms with Crippen LogP contribution in [0.25, 0.3) is 0 Å². The van der Waals surface area contributed by atoms with Crippen LogP contribution >= 0.6 is 11.3 Å². The highest BCUT2D eigenvalue weighted by atomic mass is 32.1. The summed E-state index contributed by atoms with van der Waals surface area (Å²) in [6, 6.07) is 9.86. The number of carbonyl (C=O) groups is 1. The van der Waals surface area contributed by atoms with Crippen molar-refractivity contribution in [2.45, 2.75) is 39.5 Å². The van der Waals surface area contributed by atoms with Crippen LogP contribution in [0.5, 0.6) is 0 Å². The molecule has 4 nitrogen and oxygen atoms in total. The second-order valence-electron chi connectivity index (χ2n) is 6.06. The number of benzene rings is 1. The lowest BCUT2D eigenvalue weighted by Crippen LogP contribution is -2.27. The van der Waals surface area contributed by atoms with Gasteiger partial charge in [-0.3, -0.25) is 5.32 Å². The van der Waals surface area contributed by atoms with E-state index in [2.05, 4.69) is 27.5 Å². The SMILES string of the molecule is CC(C)(C)OC(=O)Nc1ccc(CNCc2ccsc2)cc1. The van der Waals surface area contributed by atoms with Crippen LogP contribution in [0, 0.1) is 0 Å². The molecule has 1 heterocycles. The molecule has 0 aliphatic heterocycles. The fourth-order valence-corrected chi connectivity index (χ4v) is 2.54. The van der Waals surface area contributed by atoms with E-state index in [9.17, 15) is 4.79 Å². The van der Waals surface area contributed by atoms with Crippen molar-refractivity contribution in [1.29, 1.82) is 0 Å². The van der Waals surface area contributed by atoms with E-state index in [4.69, 9.17) is 4.74 Å². The molecule has 2 rings (SSSR count). The third kappa shape index (κ3) is 5.87. The van der Waals surface area contributed by atoms with E-state index in [0.717, 1.165) is 18.8 Å². The molecule has 118 valence electrons. The summed E-state index contributed by atoms with van der Waals surface area (Å²) in [6.45, 7) is 7.18. The summed E-state index contributed by atoms with van der Waals surface area (Å²) >= 11 is 1.71. The van der Waals surface area contributed by atoms with E-state index in [1.54, 1.807) is 11.3 Å². The summed E-state index contributed by atoms with van der Waals surface area (Å²) in [4.78, 5) is 11.7. The predicted octanol–water partition coefficient (Wildman–Crippen LogP) is 4.38. The second kappa shape index (κ2) is 7.42. The van der Waals surface area contributed by atoms with Gasteiger partial charge < -0.3 is 10.1 Å². The average molecular weight is 318 g/mol. The van der Waals surface area contributed by atoms with Crippen LogP contribution in [0.4, 0.5) is 10.5 Å². The third-order valence-electron chi connectivity index (χ3n) is 2.84. The zero-order chi connectivity index (χ0) is 16.0. The highest BCUT2D eigenvalue weighted by Gasteiger charge is 2.15. The molecule has 1 amide bonds. The molecule has 2 aromatic rings. The monoisotopic (exact) mass is 318 g/mol. The van der Waals surface area contributed by atoms with Crippen molar-refractivity contribution in [3.63, 3.8) is 0 Å². The molecule has 0 atom stereocenters. The number of thiophene rings is 1. The van der Waals surface area contributed by atoms with Gasteiger partial charge in [-0.05, 0) is 60.9 Å². The molecule has 2 N–H and O–H groups in total. The number of ether oxygens (including phenoxy) is 1. The molecule has 0 saturated carbocycles. The van der Waals surface area contributed by atoms with Gasteiger partial charge in [0, 0.05) is 18.8 Å². The van der Waals surface area contributed by atoms with E-state index in [1.165, 1.54) is 11.1 Å². The Kier molecular flexibility index (Phi) is 5.57. The maximum absolute atomic E-state index is 11.7. The van der Waals surface area contributed by atoms with Gasteiger partial charge in [0.25, 0.3) is 0 Å². The maximum atomic E-state index is 11.7. The molecule has 1 aromatic carbocycles. The normalized spacial score (nSPS) is 11.2. The van der Waals surface area contributed by atoms with E-state index < -0.39 is 11.7 Å². The smallest absolute Gasteiger partial charge is 0.412 e. The van der Waals surface area contributed by atoms with Crippen molar-refractivity contribution >= 4 is 23.1 Å². The van der Waals surface area contributed by atoms with Crippen LogP contribution in [0.15, 0.2) is 41.1 Å². The minimum Gasteiger partial charge on any atom is -0.444 e. The quantitative estimate of drug-likeness (QED) is 0.860. The van der Waals surface area contributed by atoms with Crippen molar-refractivity contribution in [1.82, 2.24) is 5.32 Å². The molecule has 0 unspecified atom stereocenters. The van der Waals surface area contributed by atoms with Gasteiger partial charge in [-0.2, -0.15) is 11.3 Å². The van der Waals surface area contributed by atoms with E-state index in [0.29, 0.717) is 0 Å². The summed E-state index contributed by atoms with van der Waals surface area (Å²) in [5.74, 6) is 0. The molecule has 1 aromatic heterocycles. The van der Waals surface area contributed by atoms with Gasteiger partial charge in [0.1, 0.15) is 5.60 Å². The third-order valence-corrected chi connectivity index (χ3v) is 3.57. The van der Waals surface area contributed by atoms with Crippen LogP contribution in [0.2, 0.25) is 0 Å². The number of carbonyl (C=O) groups excluding carboxylic acids is 1. The second-order valence-corrected chi connectivity index (χ2v) is 6.84. The van der Waals surface area contributed by atoms with Crippen molar-refractivity contribution < 1.29 is 9.53 Å². The summed E-state index contributed by atoms with van der Waals surface area (Å²) in [5, 5.41) is 10.3. The average Bonchev–Trinajstić information content (AvgIpc) is 2.92. The molecular weight excluding hydrogens is 296 g/mol. The van der Waals surface area contributed by atoms with Crippen molar-refractivity contribution in [3.05, 3.63) is 52.2 Å². The van der Waals surface area contributed by atoms with Crippen molar-refractivity contribution in [3.8, 4) is 0 Å². The van der Waals surface area contributed by atoms with E-state index in [1.807, 2.05) is 45.0 Å². The molecule has 0 radical (unpaired) electrons. The Morgan fingerprint density at radius 2 is 1.77 bits per heavy atom. The van der Waals surface area contributed by atoms with Crippen molar-refractivity contribution in [2.75, 3.05) is 5.32 Å². The van der Waals surface area contributed by atoms with E-state index in [-0.39, 0.29) is 0 Å². The topological polar surface area (TPSA) is 50.4 Å². The summed E-state index contributed by atoms with van der Waals surface area (Å²) in [7, 11) is 0. The van der Waals surface area contributed by atoms with Crippen LogP contribution in [-0.4, -0.2) is 11.7 Å². The standard InChI is InChI=1S/C17H22N2O2S/c1-17(2,3)21-16(20)19-15-6-4-13(5-7-15)10-18-11-14-8-9-22-12-14/h4-9,12,18H,10-11H2,1-3H3,(H,19,20). The van der Waals surface area contributed by atoms with Crippen LogP contribution in [0.1, 0.15) is 31.9 Å². The molecular formula is C17H22N2O2S. The largest absolute Gasteiger partial charge is 0.444 e. The summed E-state index contributed by atoms with van der Waals surface area (Å²) < 4.78 is 5.22. The fraction of sp³-hybridized carbons (Fsp3) is 0.353. The first-order valence-corrected chi connectivity index (χ1v) is 8.17. The zero-order valence-electron chi connectivity index (χ0n) is 13.2. The van der Waals surface area contributed by atoms with Crippen LogP contribution < -0.4 is 10.6 Å². The van der Waals surface area contributed by atoms with Gasteiger partial charge in [-0.25, -0.2) is 4.79 Å². The van der Waals surface area contributed by atoms with Gasteiger partial charge in [0.05, 0.1) is 0 Å². The maximum Gasteiger partial charge on any atom is 0.412 e. The molecule has 5 heteroatoms. The highest BCUT2D eigenvalue weighted by molar-refractivity contribution is 7.07.